The Balaban J connectivity index is 2.12. The first-order valence-corrected chi connectivity index (χ1v) is 5.42. The van der Waals surface area contributed by atoms with Gasteiger partial charge in [-0.05, 0) is 13.5 Å². The molecule has 1 aliphatic heterocycles. The average Bonchev–Trinajstić information content (AvgIpc) is 2.77. The highest BCUT2D eigenvalue weighted by molar-refractivity contribution is 5.00. The van der Waals surface area contributed by atoms with Crippen molar-refractivity contribution >= 4 is 0 Å². The Kier molecular flexibility index (Phi) is 3.33. The van der Waals surface area contributed by atoms with E-state index < -0.39 is 0 Å². The molecule has 2 unspecified atom stereocenters. The SMILES string of the molecule is CCc1noc(C2COCCC2NC)n1. The predicted molar refractivity (Wildman–Crippen MR) is 54.7 cm³/mol. The van der Waals surface area contributed by atoms with Gasteiger partial charge in [0.25, 0.3) is 0 Å². The molecule has 0 spiro atoms. The van der Waals surface area contributed by atoms with E-state index >= 15 is 0 Å². The Morgan fingerprint density at radius 3 is 3.07 bits per heavy atom. The number of aromatic nitrogens is 2. The van der Waals surface area contributed by atoms with Crippen LogP contribution in [0.25, 0.3) is 0 Å². The molecular formula is C10H17N3O2. The van der Waals surface area contributed by atoms with Crippen molar-refractivity contribution in [3.05, 3.63) is 11.7 Å². The first-order chi connectivity index (χ1) is 7.35. The Labute approximate surface area is 89.2 Å². The van der Waals surface area contributed by atoms with E-state index in [0.29, 0.717) is 18.5 Å². The summed E-state index contributed by atoms with van der Waals surface area (Å²) in [5.74, 6) is 1.66. The highest BCUT2D eigenvalue weighted by atomic mass is 16.5. The van der Waals surface area contributed by atoms with Crippen molar-refractivity contribution in [3.8, 4) is 0 Å². The molecule has 1 aliphatic rings. The van der Waals surface area contributed by atoms with Crippen molar-refractivity contribution in [1.82, 2.24) is 15.5 Å². The fraction of sp³-hybridized carbons (Fsp3) is 0.800. The molecule has 2 heterocycles. The summed E-state index contributed by atoms with van der Waals surface area (Å²) in [6.45, 7) is 3.48. The molecule has 2 atom stereocenters. The van der Waals surface area contributed by atoms with Gasteiger partial charge in [-0.3, -0.25) is 0 Å². The van der Waals surface area contributed by atoms with E-state index in [1.165, 1.54) is 0 Å². The summed E-state index contributed by atoms with van der Waals surface area (Å²) in [6, 6.07) is 0.379. The Morgan fingerprint density at radius 2 is 2.40 bits per heavy atom. The Bertz CT molecular complexity index is 313. The van der Waals surface area contributed by atoms with Crippen LogP contribution in [0, 0.1) is 0 Å². The molecule has 15 heavy (non-hydrogen) atoms. The number of nitrogens with one attached hydrogen (secondary N) is 1. The Morgan fingerprint density at radius 1 is 1.53 bits per heavy atom. The van der Waals surface area contributed by atoms with E-state index in [4.69, 9.17) is 9.26 Å². The van der Waals surface area contributed by atoms with Crippen LogP contribution in [-0.2, 0) is 11.2 Å². The van der Waals surface area contributed by atoms with Crippen molar-refractivity contribution in [2.45, 2.75) is 31.7 Å². The molecule has 84 valence electrons. The molecule has 5 heteroatoms. The van der Waals surface area contributed by atoms with Gasteiger partial charge < -0.3 is 14.6 Å². The van der Waals surface area contributed by atoms with Gasteiger partial charge in [0, 0.05) is 19.1 Å². The molecule has 5 nitrogen and oxygen atoms in total. The van der Waals surface area contributed by atoms with E-state index in [1.54, 1.807) is 0 Å². The third kappa shape index (κ3) is 2.18. The number of ether oxygens (including phenoxy) is 1. The van der Waals surface area contributed by atoms with Gasteiger partial charge in [-0.1, -0.05) is 12.1 Å². The lowest BCUT2D eigenvalue weighted by Crippen LogP contribution is -2.39. The molecule has 1 aromatic heterocycles. The fourth-order valence-corrected chi connectivity index (χ4v) is 1.89. The van der Waals surface area contributed by atoms with E-state index in [9.17, 15) is 0 Å². The van der Waals surface area contributed by atoms with Crippen LogP contribution in [0.5, 0.6) is 0 Å². The minimum absolute atomic E-state index is 0.191. The van der Waals surface area contributed by atoms with Gasteiger partial charge in [-0.2, -0.15) is 4.98 Å². The summed E-state index contributed by atoms with van der Waals surface area (Å²) < 4.78 is 10.7. The van der Waals surface area contributed by atoms with Gasteiger partial charge in [0.15, 0.2) is 5.82 Å². The van der Waals surface area contributed by atoms with Gasteiger partial charge in [0.2, 0.25) is 5.89 Å². The van der Waals surface area contributed by atoms with Crippen molar-refractivity contribution in [2.75, 3.05) is 20.3 Å². The number of hydrogen-bond acceptors (Lipinski definition) is 5. The maximum absolute atomic E-state index is 5.44. The zero-order valence-electron chi connectivity index (χ0n) is 9.19. The summed E-state index contributed by atoms with van der Waals surface area (Å²) in [6.07, 6.45) is 1.80. The summed E-state index contributed by atoms with van der Waals surface area (Å²) in [7, 11) is 1.96. The number of nitrogens with zero attached hydrogens (tertiary/aromatic N) is 2. The largest absolute Gasteiger partial charge is 0.381 e. The second-order valence-electron chi connectivity index (χ2n) is 3.77. The standard InChI is InChI=1S/C10H17N3O2/c1-3-9-12-10(15-13-9)7-6-14-5-4-8(7)11-2/h7-8,11H,3-6H2,1-2H3. The van der Waals surface area contributed by atoms with E-state index in [2.05, 4.69) is 15.5 Å². The van der Waals surface area contributed by atoms with Gasteiger partial charge in [-0.15, -0.1) is 0 Å². The van der Waals surface area contributed by atoms with E-state index in [0.717, 1.165) is 25.3 Å². The first kappa shape index (κ1) is 10.6. The molecule has 0 radical (unpaired) electrons. The van der Waals surface area contributed by atoms with Crippen LogP contribution in [0.2, 0.25) is 0 Å². The van der Waals surface area contributed by atoms with Gasteiger partial charge in [0.1, 0.15) is 0 Å². The third-order valence-electron chi connectivity index (χ3n) is 2.84. The highest BCUT2D eigenvalue weighted by Gasteiger charge is 2.30. The summed E-state index contributed by atoms with van der Waals surface area (Å²) in [5.41, 5.74) is 0. The maximum atomic E-state index is 5.44. The minimum atomic E-state index is 0.191. The molecule has 1 fully saturated rings. The molecule has 0 amide bonds. The summed E-state index contributed by atoms with van der Waals surface area (Å²) in [4.78, 5) is 4.35. The predicted octanol–water partition coefficient (Wildman–Crippen LogP) is 0.724. The van der Waals surface area contributed by atoms with Crippen LogP contribution in [0.1, 0.15) is 31.0 Å². The van der Waals surface area contributed by atoms with Gasteiger partial charge in [0.05, 0.1) is 12.5 Å². The zero-order chi connectivity index (χ0) is 10.7. The Hall–Kier alpha value is -0.940. The summed E-state index contributed by atoms with van der Waals surface area (Å²) >= 11 is 0. The number of likely N-dealkylation sites (N-methyl/N-ethyl adjacent to an activating group) is 1. The van der Waals surface area contributed by atoms with Crippen molar-refractivity contribution in [2.24, 2.45) is 0 Å². The lowest BCUT2D eigenvalue weighted by atomic mass is 9.96. The molecule has 1 saturated heterocycles. The van der Waals surface area contributed by atoms with Crippen LogP contribution in [0.3, 0.4) is 0 Å². The lowest BCUT2D eigenvalue weighted by Gasteiger charge is -2.28. The molecule has 0 bridgehead atoms. The molecule has 1 aromatic rings. The van der Waals surface area contributed by atoms with Crippen LogP contribution < -0.4 is 5.32 Å². The molecule has 0 aliphatic carbocycles. The zero-order valence-corrected chi connectivity index (χ0v) is 9.19. The topological polar surface area (TPSA) is 60.2 Å². The smallest absolute Gasteiger partial charge is 0.233 e. The van der Waals surface area contributed by atoms with Gasteiger partial charge >= 0.3 is 0 Å². The second kappa shape index (κ2) is 4.72. The number of hydrogen-bond donors (Lipinski definition) is 1. The average molecular weight is 211 g/mol. The fourth-order valence-electron chi connectivity index (χ4n) is 1.89. The minimum Gasteiger partial charge on any atom is -0.381 e. The maximum Gasteiger partial charge on any atom is 0.233 e. The van der Waals surface area contributed by atoms with Crippen molar-refractivity contribution in [1.29, 1.82) is 0 Å². The van der Waals surface area contributed by atoms with E-state index in [-0.39, 0.29) is 5.92 Å². The highest BCUT2D eigenvalue weighted by Crippen LogP contribution is 2.24. The third-order valence-corrected chi connectivity index (χ3v) is 2.84. The number of aryl methyl sites for hydroxylation is 1. The molecule has 1 N–H and O–H groups in total. The molecule has 0 saturated carbocycles. The van der Waals surface area contributed by atoms with Crippen LogP contribution >= 0.6 is 0 Å². The molecular weight excluding hydrogens is 194 g/mol. The molecule has 2 rings (SSSR count). The van der Waals surface area contributed by atoms with Crippen LogP contribution in [0.15, 0.2) is 4.52 Å². The normalized spacial score (nSPS) is 26.8. The quantitative estimate of drug-likeness (QED) is 0.798. The first-order valence-electron chi connectivity index (χ1n) is 5.42. The van der Waals surface area contributed by atoms with Gasteiger partial charge in [-0.25, -0.2) is 0 Å². The molecule has 0 aromatic carbocycles. The van der Waals surface area contributed by atoms with Crippen molar-refractivity contribution < 1.29 is 9.26 Å². The monoisotopic (exact) mass is 211 g/mol. The lowest BCUT2D eigenvalue weighted by molar-refractivity contribution is 0.0516. The van der Waals surface area contributed by atoms with Crippen LogP contribution in [0.4, 0.5) is 0 Å². The van der Waals surface area contributed by atoms with Crippen LogP contribution in [-0.4, -0.2) is 36.4 Å². The second-order valence-corrected chi connectivity index (χ2v) is 3.77. The number of rotatable bonds is 3. The van der Waals surface area contributed by atoms with Crippen molar-refractivity contribution in [3.63, 3.8) is 0 Å². The summed E-state index contributed by atoms with van der Waals surface area (Å²) in [5, 5.41) is 7.18. The van der Waals surface area contributed by atoms with E-state index in [1.807, 2.05) is 14.0 Å².